The van der Waals surface area contributed by atoms with Gasteiger partial charge in [-0.1, -0.05) is 6.07 Å². The van der Waals surface area contributed by atoms with Crippen molar-refractivity contribution in [1.29, 1.82) is 0 Å². The van der Waals surface area contributed by atoms with Gasteiger partial charge < -0.3 is 24.7 Å². The number of hydrogen-bond donors (Lipinski definition) is 2. The van der Waals surface area contributed by atoms with E-state index in [-0.39, 0.29) is 11.4 Å². The molecular formula is C28H24FN5O4S. The summed E-state index contributed by atoms with van der Waals surface area (Å²) in [5.41, 5.74) is 2.24. The maximum atomic E-state index is 14.9. The summed E-state index contributed by atoms with van der Waals surface area (Å²) in [4.78, 5) is 34.3. The molecule has 0 aliphatic rings. The summed E-state index contributed by atoms with van der Waals surface area (Å²) in [7, 11) is 1.52. The summed E-state index contributed by atoms with van der Waals surface area (Å²) >= 11 is 1.46. The smallest absolute Gasteiger partial charge is 0.233 e. The maximum Gasteiger partial charge on any atom is 0.233 e. The third-order valence-electron chi connectivity index (χ3n) is 5.74. The molecule has 0 aliphatic heterocycles. The second-order valence-electron chi connectivity index (χ2n) is 8.48. The summed E-state index contributed by atoms with van der Waals surface area (Å²) in [5, 5.41) is 5.16. The first-order chi connectivity index (χ1) is 18.9. The number of carbonyl (C=O) groups excluding carboxylic acids is 2. The van der Waals surface area contributed by atoms with E-state index < -0.39 is 24.1 Å². The first-order valence-corrected chi connectivity index (χ1v) is 12.9. The fourth-order valence-electron chi connectivity index (χ4n) is 3.82. The van der Waals surface area contributed by atoms with E-state index in [9.17, 15) is 14.0 Å². The molecule has 0 unspecified atom stereocenters. The molecule has 198 valence electrons. The van der Waals surface area contributed by atoms with Gasteiger partial charge in [0.25, 0.3) is 0 Å². The molecule has 0 fully saturated rings. The van der Waals surface area contributed by atoms with E-state index >= 15 is 0 Å². The topological polar surface area (TPSA) is 107 Å². The zero-order chi connectivity index (χ0) is 27.4. The van der Waals surface area contributed by atoms with Crippen molar-refractivity contribution in [3.05, 3.63) is 79.1 Å². The van der Waals surface area contributed by atoms with Crippen LogP contribution in [0.4, 0.5) is 15.8 Å². The molecule has 0 aliphatic carbocycles. The number of nitrogens with one attached hydrogen (secondary N) is 2. The Morgan fingerprint density at radius 3 is 2.51 bits per heavy atom. The average molecular weight is 546 g/mol. The number of halogens is 1. The second kappa shape index (κ2) is 11.3. The molecular weight excluding hydrogens is 521 g/mol. The van der Waals surface area contributed by atoms with Crippen molar-refractivity contribution in [2.75, 3.05) is 17.7 Å². The Bertz CT molecular complexity index is 1670. The number of rotatable bonds is 9. The number of amides is 2. The van der Waals surface area contributed by atoms with Gasteiger partial charge in [-0.2, -0.15) is 0 Å². The van der Waals surface area contributed by atoms with E-state index in [4.69, 9.17) is 9.47 Å². The molecule has 2 N–H and O–H groups in total. The number of aryl methyl sites for hydroxylation is 1. The van der Waals surface area contributed by atoms with Crippen LogP contribution >= 0.6 is 11.3 Å². The molecule has 5 rings (SSSR count). The number of thiophene rings is 1. The van der Waals surface area contributed by atoms with Gasteiger partial charge in [-0.3, -0.25) is 14.6 Å². The van der Waals surface area contributed by atoms with Gasteiger partial charge in [0, 0.05) is 48.5 Å². The number of methoxy groups -OCH3 is 1. The Kier molecular flexibility index (Phi) is 7.50. The van der Waals surface area contributed by atoms with Crippen LogP contribution in [0.25, 0.3) is 20.8 Å². The van der Waals surface area contributed by atoms with Gasteiger partial charge >= 0.3 is 0 Å². The SMILES string of the molecule is CCn1cnc(-c2cc3nccc(Oc4ccc(NC(=O)CC(=O)Nc5cccc(OC)c5)cc4F)c3s2)c1. The van der Waals surface area contributed by atoms with Crippen LogP contribution in [0.3, 0.4) is 0 Å². The van der Waals surface area contributed by atoms with E-state index in [0.717, 1.165) is 33.4 Å². The van der Waals surface area contributed by atoms with Crippen LogP contribution in [0.2, 0.25) is 0 Å². The van der Waals surface area contributed by atoms with Crippen molar-refractivity contribution in [3.8, 4) is 27.8 Å². The second-order valence-corrected chi connectivity index (χ2v) is 9.53. The number of carbonyl (C=O) groups is 2. The Hall–Kier alpha value is -4.77. The van der Waals surface area contributed by atoms with Crippen molar-refractivity contribution < 1.29 is 23.5 Å². The molecule has 11 heteroatoms. The number of hydrogen-bond acceptors (Lipinski definition) is 7. The zero-order valence-corrected chi connectivity index (χ0v) is 21.9. The van der Waals surface area contributed by atoms with Crippen molar-refractivity contribution in [2.45, 2.75) is 19.9 Å². The van der Waals surface area contributed by atoms with Crippen LogP contribution in [-0.2, 0) is 16.1 Å². The fourth-order valence-corrected chi connectivity index (χ4v) is 4.85. The van der Waals surface area contributed by atoms with Crippen molar-refractivity contribution >= 4 is 44.7 Å². The largest absolute Gasteiger partial charge is 0.497 e. The van der Waals surface area contributed by atoms with Gasteiger partial charge in [0.05, 0.1) is 34.2 Å². The highest BCUT2D eigenvalue weighted by Gasteiger charge is 2.16. The molecule has 39 heavy (non-hydrogen) atoms. The van der Waals surface area contributed by atoms with Crippen LogP contribution in [-0.4, -0.2) is 33.5 Å². The number of benzene rings is 2. The highest BCUT2D eigenvalue weighted by Crippen LogP contribution is 2.39. The van der Waals surface area contributed by atoms with Crippen molar-refractivity contribution in [1.82, 2.24) is 14.5 Å². The quantitative estimate of drug-likeness (QED) is 0.217. The highest BCUT2D eigenvalue weighted by atomic mass is 32.1. The third kappa shape index (κ3) is 6.04. The minimum atomic E-state index is -0.669. The third-order valence-corrected chi connectivity index (χ3v) is 6.90. The standard InChI is InChI=1S/C28H24FN5O4S/c1-3-34-15-22(31-16-34)25-13-21-28(39-25)24(9-10-30-21)38-23-8-7-18(12-20(23)29)33-27(36)14-26(35)32-17-5-4-6-19(11-17)37-2/h4-13,15-16H,3,14H2,1-2H3,(H,32,35)(H,33,36). The van der Waals surface area contributed by atoms with Gasteiger partial charge in [-0.05, 0) is 37.3 Å². The molecule has 0 bridgehead atoms. The lowest BCUT2D eigenvalue weighted by Gasteiger charge is -2.10. The summed E-state index contributed by atoms with van der Waals surface area (Å²) in [6, 6.07) is 14.4. The van der Waals surface area contributed by atoms with Gasteiger partial charge in [0.2, 0.25) is 11.8 Å². The predicted molar refractivity (Wildman–Crippen MR) is 148 cm³/mol. The lowest BCUT2D eigenvalue weighted by Crippen LogP contribution is -2.21. The Morgan fingerprint density at radius 1 is 1.00 bits per heavy atom. The monoisotopic (exact) mass is 545 g/mol. The summed E-state index contributed by atoms with van der Waals surface area (Å²) < 4.78 is 28.7. The van der Waals surface area contributed by atoms with Crippen molar-refractivity contribution in [3.63, 3.8) is 0 Å². The van der Waals surface area contributed by atoms with E-state index in [1.807, 2.05) is 23.8 Å². The number of fused-ring (bicyclic) bond motifs is 1. The number of ether oxygens (including phenoxy) is 2. The number of nitrogens with zero attached hydrogens (tertiary/aromatic N) is 3. The zero-order valence-electron chi connectivity index (χ0n) is 21.1. The van der Waals surface area contributed by atoms with E-state index in [1.165, 1.54) is 30.6 Å². The van der Waals surface area contributed by atoms with Crippen LogP contribution in [0.1, 0.15) is 13.3 Å². The molecule has 0 saturated heterocycles. The van der Waals surface area contributed by atoms with E-state index in [0.29, 0.717) is 17.2 Å². The van der Waals surface area contributed by atoms with E-state index in [1.54, 1.807) is 42.9 Å². The Labute approximate surface area is 227 Å². The van der Waals surface area contributed by atoms with E-state index in [2.05, 4.69) is 20.6 Å². The molecule has 9 nitrogen and oxygen atoms in total. The van der Waals surface area contributed by atoms with Gasteiger partial charge in [0.15, 0.2) is 11.6 Å². The number of aromatic nitrogens is 3. The first kappa shape index (κ1) is 25.9. The molecule has 0 atom stereocenters. The number of imidazole rings is 1. The number of pyridine rings is 1. The lowest BCUT2D eigenvalue weighted by atomic mass is 10.2. The molecule has 0 radical (unpaired) electrons. The minimum Gasteiger partial charge on any atom is -0.497 e. The molecule has 2 aromatic carbocycles. The summed E-state index contributed by atoms with van der Waals surface area (Å²) in [6.07, 6.45) is 4.89. The van der Waals surface area contributed by atoms with Crippen LogP contribution in [0.15, 0.2) is 73.3 Å². The van der Waals surface area contributed by atoms with Crippen LogP contribution in [0, 0.1) is 5.82 Å². The van der Waals surface area contributed by atoms with Gasteiger partial charge in [0.1, 0.15) is 17.9 Å². The molecule has 5 aromatic rings. The summed E-state index contributed by atoms with van der Waals surface area (Å²) in [5.74, 6) is -0.754. The predicted octanol–water partition coefficient (Wildman–Crippen LogP) is 6.09. The molecule has 3 aromatic heterocycles. The molecule has 3 heterocycles. The summed E-state index contributed by atoms with van der Waals surface area (Å²) in [6.45, 7) is 2.85. The molecule has 0 spiro atoms. The maximum absolute atomic E-state index is 14.9. The fraction of sp³-hybridized carbons (Fsp3) is 0.143. The first-order valence-electron chi connectivity index (χ1n) is 12.0. The molecule has 0 saturated carbocycles. The van der Waals surface area contributed by atoms with Gasteiger partial charge in [-0.15, -0.1) is 11.3 Å². The van der Waals surface area contributed by atoms with Crippen molar-refractivity contribution in [2.24, 2.45) is 0 Å². The molecule has 2 amide bonds. The number of anilines is 2. The minimum absolute atomic E-state index is 0.0125. The van der Waals surface area contributed by atoms with Crippen LogP contribution in [0.5, 0.6) is 17.2 Å². The normalized spacial score (nSPS) is 10.8. The average Bonchev–Trinajstić information content (AvgIpc) is 3.58. The Morgan fingerprint density at radius 2 is 1.79 bits per heavy atom. The van der Waals surface area contributed by atoms with Gasteiger partial charge in [-0.25, -0.2) is 9.37 Å². The highest BCUT2D eigenvalue weighted by molar-refractivity contribution is 7.22. The lowest BCUT2D eigenvalue weighted by molar-refractivity contribution is -0.123. The Balaban J connectivity index is 1.24. The van der Waals surface area contributed by atoms with Crippen LogP contribution < -0.4 is 20.1 Å².